The number of H-pyrrole nitrogens is 1. The minimum atomic E-state index is -0.190. The van der Waals surface area contributed by atoms with Gasteiger partial charge in [-0.05, 0) is 31.5 Å². The van der Waals surface area contributed by atoms with Crippen molar-refractivity contribution in [3.05, 3.63) is 51.2 Å². The predicted molar refractivity (Wildman–Crippen MR) is 74.5 cm³/mol. The zero-order valence-electron chi connectivity index (χ0n) is 10.5. The highest BCUT2D eigenvalue weighted by Crippen LogP contribution is 2.32. The summed E-state index contributed by atoms with van der Waals surface area (Å²) in [7, 11) is 0. The molecule has 0 radical (unpaired) electrons. The molecule has 5 heteroatoms. The Hall–Kier alpha value is -2.07. The van der Waals surface area contributed by atoms with Crippen molar-refractivity contribution in [3.63, 3.8) is 0 Å². The molecule has 19 heavy (non-hydrogen) atoms. The second-order valence-corrected chi connectivity index (χ2v) is 4.81. The summed E-state index contributed by atoms with van der Waals surface area (Å²) >= 11 is 5.88. The van der Waals surface area contributed by atoms with Gasteiger partial charge in [-0.3, -0.25) is 4.79 Å². The molecule has 4 nitrogen and oxygen atoms in total. The SMILES string of the molecule is Cc1nc2oc(C)c(-c3ccc(Cl)cc3)c2c(=O)[nH]1. The average molecular weight is 275 g/mol. The maximum atomic E-state index is 12.1. The molecule has 2 aromatic heterocycles. The van der Waals surface area contributed by atoms with Crippen LogP contribution in [0.4, 0.5) is 0 Å². The molecule has 0 fully saturated rings. The first-order chi connectivity index (χ1) is 9.06. The van der Waals surface area contributed by atoms with Crippen LogP contribution >= 0.6 is 11.6 Å². The van der Waals surface area contributed by atoms with E-state index in [1.807, 2.05) is 19.1 Å². The first-order valence-electron chi connectivity index (χ1n) is 5.82. The van der Waals surface area contributed by atoms with Gasteiger partial charge in [0.15, 0.2) is 0 Å². The fraction of sp³-hybridized carbons (Fsp3) is 0.143. The molecule has 0 aliphatic carbocycles. The van der Waals surface area contributed by atoms with Gasteiger partial charge >= 0.3 is 0 Å². The highest BCUT2D eigenvalue weighted by molar-refractivity contribution is 6.30. The van der Waals surface area contributed by atoms with Gasteiger partial charge < -0.3 is 9.40 Å². The van der Waals surface area contributed by atoms with Crippen molar-refractivity contribution in [2.75, 3.05) is 0 Å². The third-order valence-corrected chi connectivity index (χ3v) is 3.24. The standard InChI is InChI=1S/C14H11ClN2O2/c1-7-11(9-3-5-10(15)6-4-9)12-13(18)16-8(2)17-14(12)19-7/h3-6H,1-2H3,(H,16,17,18). The Morgan fingerprint density at radius 2 is 1.89 bits per heavy atom. The molecule has 0 atom stereocenters. The number of fused-ring (bicyclic) bond motifs is 1. The Bertz CT molecular complexity index is 816. The van der Waals surface area contributed by atoms with Gasteiger partial charge in [-0.2, -0.15) is 4.98 Å². The Kier molecular flexibility index (Phi) is 2.68. The molecule has 96 valence electrons. The molecular weight excluding hydrogens is 264 g/mol. The van der Waals surface area contributed by atoms with Crippen LogP contribution in [0, 0.1) is 13.8 Å². The summed E-state index contributed by atoms with van der Waals surface area (Å²) in [6, 6.07) is 7.29. The first kappa shape index (κ1) is 12.0. The summed E-state index contributed by atoms with van der Waals surface area (Å²) in [5.41, 5.74) is 1.82. The molecule has 3 aromatic rings. The van der Waals surface area contributed by atoms with E-state index in [-0.39, 0.29) is 5.56 Å². The fourth-order valence-electron chi connectivity index (χ4n) is 2.19. The van der Waals surface area contributed by atoms with Gasteiger partial charge in [0.25, 0.3) is 5.56 Å². The van der Waals surface area contributed by atoms with E-state index >= 15 is 0 Å². The lowest BCUT2D eigenvalue weighted by Crippen LogP contribution is -2.09. The quantitative estimate of drug-likeness (QED) is 0.739. The zero-order chi connectivity index (χ0) is 13.6. The van der Waals surface area contributed by atoms with Gasteiger partial charge in [0, 0.05) is 10.6 Å². The number of nitrogens with one attached hydrogen (secondary N) is 1. The number of aromatic nitrogens is 2. The number of aromatic amines is 1. The highest BCUT2D eigenvalue weighted by atomic mass is 35.5. The molecule has 0 amide bonds. The van der Waals surface area contributed by atoms with Gasteiger partial charge in [-0.1, -0.05) is 23.7 Å². The van der Waals surface area contributed by atoms with Crippen LogP contribution in [-0.2, 0) is 0 Å². The number of furan rings is 1. The summed E-state index contributed by atoms with van der Waals surface area (Å²) in [4.78, 5) is 19.0. The smallest absolute Gasteiger partial charge is 0.262 e. The van der Waals surface area contributed by atoms with Crippen molar-refractivity contribution >= 4 is 22.7 Å². The molecule has 0 saturated carbocycles. The second-order valence-electron chi connectivity index (χ2n) is 4.37. The van der Waals surface area contributed by atoms with Crippen LogP contribution in [-0.4, -0.2) is 9.97 Å². The number of halogens is 1. The Balaban J connectivity index is 2.38. The molecule has 1 aromatic carbocycles. The summed E-state index contributed by atoms with van der Waals surface area (Å²) in [6.07, 6.45) is 0. The van der Waals surface area contributed by atoms with E-state index < -0.39 is 0 Å². The van der Waals surface area contributed by atoms with E-state index in [4.69, 9.17) is 16.0 Å². The molecule has 0 aliphatic heterocycles. The van der Waals surface area contributed by atoms with Gasteiger partial charge in [-0.25, -0.2) is 0 Å². The summed E-state index contributed by atoms with van der Waals surface area (Å²) in [6.45, 7) is 3.54. The van der Waals surface area contributed by atoms with Crippen molar-refractivity contribution < 1.29 is 4.42 Å². The fourth-order valence-corrected chi connectivity index (χ4v) is 2.32. The third-order valence-electron chi connectivity index (χ3n) is 2.99. The van der Waals surface area contributed by atoms with Crippen molar-refractivity contribution in [1.82, 2.24) is 9.97 Å². The maximum absolute atomic E-state index is 12.1. The minimum absolute atomic E-state index is 0.190. The van der Waals surface area contributed by atoms with Crippen LogP contribution in [0.2, 0.25) is 5.02 Å². The lowest BCUT2D eigenvalue weighted by Gasteiger charge is -2.00. The Labute approximate surface area is 114 Å². The lowest BCUT2D eigenvalue weighted by atomic mass is 10.0. The van der Waals surface area contributed by atoms with Crippen molar-refractivity contribution in [1.29, 1.82) is 0 Å². The third kappa shape index (κ3) is 1.94. The van der Waals surface area contributed by atoms with Gasteiger partial charge in [0.05, 0.1) is 0 Å². The lowest BCUT2D eigenvalue weighted by molar-refractivity contribution is 0.567. The van der Waals surface area contributed by atoms with Crippen molar-refractivity contribution in [2.24, 2.45) is 0 Å². The van der Waals surface area contributed by atoms with E-state index in [0.29, 0.717) is 27.7 Å². The number of aryl methyl sites for hydroxylation is 2. The molecule has 1 N–H and O–H groups in total. The van der Waals surface area contributed by atoms with Crippen LogP contribution in [0.1, 0.15) is 11.6 Å². The minimum Gasteiger partial charge on any atom is -0.442 e. The number of rotatable bonds is 1. The average Bonchev–Trinajstić information content (AvgIpc) is 2.66. The van der Waals surface area contributed by atoms with Crippen molar-refractivity contribution in [2.45, 2.75) is 13.8 Å². The van der Waals surface area contributed by atoms with Crippen LogP contribution in [0.3, 0.4) is 0 Å². The molecule has 0 unspecified atom stereocenters. The van der Waals surface area contributed by atoms with E-state index in [2.05, 4.69) is 9.97 Å². The molecule has 3 rings (SSSR count). The largest absolute Gasteiger partial charge is 0.442 e. The second kappa shape index (κ2) is 4.24. The number of hydrogen-bond donors (Lipinski definition) is 1. The van der Waals surface area contributed by atoms with E-state index in [1.54, 1.807) is 19.1 Å². The van der Waals surface area contributed by atoms with E-state index in [0.717, 1.165) is 11.1 Å². The number of benzene rings is 1. The maximum Gasteiger partial charge on any atom is 0.262 e. The molecule has 2 heterocycles. The van der Waals surface area contributed by atoms with E-state index in [9.17, 15) is 4.79 Å². The summed E-state index contributed by atoms with van der Waals surface area (Å²) < 4.78 is 5.58. The van der Waals surface area contributed by atoms with Crippen LogP contribution < -0.4 is 5.56 Å². The highest BCUT2D eigenvalue weighted by Gasteiger charge is 2.17. The van der Waals surface area contributed by atoms with Crippen LogP contribution in [0.5, 0.6) is 0 Å². The molecule has 0 spiro atoms. The summed E-state index contributed by atoms with van der Waals surface area (Å²) in [5, 5.41) is 1.13. The predicted octanol–water partition coefficient (Wildman–Crippen LogP) is 3.45. The molecule has 0 bridgehead atoms. The number of nitrogens with zero attached hydrogens (tertiary/aromatic N) is 1. The van der Waals surface area contributed by atoms with Crippen molar-refractivity contribution in [3.8, 4) is 11.1 Å². The molecular formula is C14H11ClN2O2. The monoisotopic (exact) mass is 274 g/mol. The van der Waals surface area contributed by atoms with Gasteiger partial charge in [0.1, 0.15) is 17.0 Å². The first-order valence-corrected chi connectivity index (χ1v) is 6.20. The summed E-state index contributed by atoms with van der Waals surface area (Å²) in [5.74, 6) is 1.20. The Morgan fingerprint density at radius 1 is 1.21 bits per heavy atom. The zero-order valence-corrected chi connectivity index (χ0v) is 11.2. The van der Waals surface area contributed by atoms with Gasteiger partial charge in [-0.15, -0.1) is 0 Å². The van der Waals surface area contributed by atoms with E-state index in [1.165, 1.54) is 0 Å². The molecule has 0 aliphatic rings. The van der Waals surface area contributed by atoms with Gasteiger partial charge in [0.2, 0.25) is 5.71 Å². The topological polar surface area (TPSA) is 58.9 Å². The number of hydrogen-bond acceptors (Lipinski definition) is 3. The Morgan fingerprint density at radius 3 is 2.58 bits per heavy atom. The molecule has 0 saturated heterocycles. The van der Waals surface area contributed by atoms with Crippen LogP contribution in [0.25, 0.3) is 22.2 Å². The van der Waals surface area contributed by atoms with Crippen LogP contribution in [0.15, 0.2) is 33.5 Å². The normalized spacial score (nSPS) is 11.1.